The standard InChI is InChI=1S/C11H14O2S/c1-2-9(14-5-1)6-10-8-3-4-12-11(10)13-7-8/h1-2,5,8,10-11H,3-4,6-7H2/t8-,10+,11+/m0/s1. The molecule has 2 saturated heterocycles. The quantitative estimate of drug-likeness (QED) is 0.745. The maximum absolute atomic E-state index is 5.62. The van der Waals surface area contributed by atoms with Gasteiger partial charge in [0.1, 0.15) is 0 Å². The lowest BCUT2D eigenvalue weighted by Gasteiger charge is -2.27. The highest BCUT2D eigenvalue weighted by molar-refractivity contribution is 7.09. The molecule has 3 atom stereocenters. The van der Waals surface area contributed by atoms with E-state index in [2.05, 4.69) is 17.5 Å². The fraction of sp³-hybridized carbons (Fsp3) is 0.636. The van der Waals surface area contributed by atoms with Crippen molar-refractivity contribution in [2.24, 2.45) is 11.8 Å². The Labute approximate surface area is 87.8 Å². The molecule has 14 heavy (non-hydrogen) atoms. The number of ether oxygens (including phenoxy) is 2. The van der Waals surface area contributed by atoms with Gasteiger partial charge in [-0.15, -0.1) is 11.3 Å². The van der Waals surface area contributed by atoms with Crippen LogP contribution in [0.5, 0.6) is 0 Å². The van der Waals surface area contributed by atoms with Crippen molar-refractivity contribution < 1.29 is 9.47 Å². The van der Waals surface area contributed by atoms with E-state index in [4.69, 9.17) is 9.47 Å². The Morgan fingerprint density at radius 2 is 2.43 bits per heavy atom. The van der Waals surface area contributed by atoms with Crippen LogP contribution in [-0.4, -0.2) is 19.5 Å². The molecule has 0 aliphatic carbocycles. The summed E-state index contributed by atoms with van der Waals surface area (Å²) in [6.45, 7) is 1.79. The Kier molecular flexibility index (Phi) is 2.32. The fourth-order valence-electron chi connectivity index (χ4n) is 2.42. The average molecular weight is 210 g/mol. The number of hydrogen-bond donors (Lipinski definition) is 0. The Balaban J connectivity index is 1.73. The second kappa shape index (κ2) is 3.65. The highest BCUT2D eigenvalue weighted by Crippen LogP contribution is 2.37. The molecule has 0 radical (unpaired) electrons. The van der Waals surface area contributed by atoms with E-state index in [1.165, 1.54) is 11.3 Å². The van der Waals surface area contributed by atoms with Gasteiger partial charge < -0.3 is 9.47 Å². The Bertz CT molecular complexity index is 280. The summed E-state index contributed by atoms with van der Waals surface area (Å²) >= 11 is 1.84. The third kappa shape index (κ3) is 1.49. The predicted octanol–water partition coefficient (Wildman–Crippen LogP) is 2.30. The summed E-state index contributed by atoms with van der Waals surface area (Å²) in [6.07, 6.45) is 2.38. The van der Waals surface area contributed by atoms with E-state index in [1.54, 1.807) is 0 Å². The molecule has 0 aromatic carbocycles. The van der Waals surface area contributed by atoms with Crippen molar-refractivity contribution in [3.8, 4) is 0 Å². The van der Waals surface area contributed by atoms with Gasteiger partial charge in [0.15, 0.2) is 6.29 Å². The molecular formula is C11H14O2S. The average Bonchev–Trinajstić information content (AvgIpc) is 2.75. The van der Waals surface area contributed by atoms with Crippen molar-refractivity contribution >= 4 is 11.3 Å². The van der Waals surface area contributed by atoms with Crippen LogP contribution in [0.1, 0.15) is 11.3 Å². The molecule has 3 heteroatoms. The molecule has 2 fully saturated rings. The summed E-state index contributed by atoms with van der Waals surface area (Å²) in [7, 11) is 0. The van der Waals surface area contributed by atoms with Gasteiger partial charge in [0, 0.05) is 10.8 Å². The predicted molar refractivity (Wildman–Crippen MR) is 55.3 cm³/mol. The molecule has 0 unspecified atom stereocenters. The van der Waals surface area contributed by atoms with Gasteiger partial charge in [-0.1, -0.05) is 6.07 Å². The van der Waals surface area contributed by atoms with Crippen molar-refractivity contribution in [3.05, 3.63) is 22.4 Å². The lowest BCUT2D eigenvalue weighted by molar-refractivity contribution is -0.138. The zero-order valence-corrected chi connectivity index (χ0v) is 8.83. The monoisotopic (exact) mass is 210 g/mol. The van der Waals surface area contributed by atoms with Gasteiger partial charge in [-0.05, 0) is 30.2 Å². The summed E-state index contributed by atoms with van der Waals surface area (Å²) in [4.78, 5) is 1.46. The van der Waals surface area contributed by atoms with Crippen molar-refractivity contribution in [2.75, 3.05) is 13.2 Å². The zero-order chi connectivity index (χ0) is 9.38. The van der Waals surface area contributed by atoms with Crippen LogP contribution in [0.15, 0.2) is 17.5 Å². The lowest BCUT2D eigenvalue weighted by atomic mass is 9.87. The fourth-order valence-corrected chi connectivity index (χ4v) is 3.19. The number of fused-ring (bicyclic) bond motifs is 2. The van der Waals surface area contributed by atoms with Gasteiger partial charge in [-0.25, -0.2) is 0 Å². The summed E-state index contributed by atoms with van der Waals surface area (Å²) < 4.78 is 11.2. The Hall–Kier alpha value is -0.380. The lowest BCUT2D eigenvalue weighted by Crippen LogP contribution is -2.31. The molecule has 0 N–H and O–H groups in total. The minimum Gasteiger partial charge on any atom is -0.352 e. The van der Waals surface area contributed by atoms with E-state index in [1.807, 2.05) is 11.3 Å². The van der Waals surface area contributed by atoms with Gasteiger partial charge in [-0.3, -0.25) is 0 Å². The van der Waals surface area contributed by atoms with Crippen LogP contribution in [0.2, 0.25) is 0 Å². The van der Waals surface area contributed by atoms with Crippen LogP contribution < -0.4 is 0 Å². The van der Waals surface area contributed by atoms with E-state index in [-0.39, 0.29) is 6.29 Å². The Morgan fingerprint density at radius 1 is 1.43 bits per heavy atom. The van der Waals surface area contributed by atoms with Crippen molar-refractivity contribution in [1.29, 1.82) is 0 Å². The molecule has 3 rings (SSSR count). The normalized spacial score (nSPS) is 36.1. The van der Waals surface area contributed by atoms with Gasteiger partial charge >= 0.3 is 0 Å². The Morgan fingerprint density at radius 3 is 3.21 bits per heavy atom. The molecule has 0 spiro atoms. The maximum Gasteiger partial charge on any atom is 0.161 e. The van der Waals surface area contributed by atoms with Crippen LogP contribution in [0, 0.1) is 11.8 Å². The number of rotatable bonds is 2. The largest absolute Gasteiger partial charge is 0.352 e. The molecule has 3 heterocycles. The second-order valence-electron chi connectivity index (χ2n) is 4.07. The van der Waals surface area contributed by atoms with Gasteiger partial charge in [-0.2, -0.15) is 0 Å². The second-order valence-corrected chi connectivity index (χ2v) is 5.10. The molecule has 0 saturated carbocycles. The first kappa shape index (κ1) is 8.89. The van der Waals surface area contributed by atoms with Crippen LogP contribution in [0.3, 0.4) is 0 Å². The van der Waals surface area contributed by atoms with Crippen LogP contribution in [0.4, 0.5) is 0 Å². The molecular weight excluding hydrogens is 196 g/mol. The highest BCUT2D eigenvalue weighted by Gasteiger charge is 2.40. The van der Waals surface area contributed by atoms with Crippen LogP contribution in [-0.2, 0) is 15.9 Å². The first-order valence-corrected chi connectivity index (χ1v) is 6.07. The molecule has 2 bridgehead atoms. The molecule has 2 aliphatic rings. The van der Waals surface area contributed by atoms with Crippen LogP contribution >= 0.6 is 11.3 Å². The number of hydrogen-bond acceptors (Lipinski definition) is 3. The van der Waals surface area contributed by atoms with Crippen molar-refractivity contribution in [1.82, 2.24) is 0 Å². The summed E-state index contributed by atoms with van der Waals surface area (Å²) in [6, 6.07) is 4.32. The SMILES string of the molecule is c1csc(C[C@@H]2[C@H]3CCO[C@@H]2OC3)c1. The molecule has 1 aromatic rings. The summed E-state index contributed by atoms with van der Waals surface area (Å²) in [5, 5.41) is 2.14. The van der Waals surface area contributed by atoms with E-state index in [0.717, 1.165) is 25.6 Å². The van der Waals surface area contributed by atoms with Crippen molar-refractivity contribution in [3.63, 3.8) is 0 Å². The van der Waals surface area contributed by atoms with Crippen LogP contribution in [0.25, 0.3) is 0 Å². The summed E-state index contributed by atoms with van der Waals surface area (Å²) in [5.74, 6) is 1.33. The first-order chi connectivity index (χ1) is 6.93. The molecule has 2 aliphatic heterocycles. The van der Waals surface area contributed by atoms with Gasteiger partial charge in [0.2, 0.25) is 0 Å². The van der Waals surface area contributed by atoms with E-state index >= 15 is 0 Å². The highest BCUT2D eigenvalue weighted by atomic mass is 32.1. The van der Waals surface area contributed by atoms with E-state index in [9.17, 15) is 0 Å². The third-order valence-corrected chi connectivity index (χ3v) is 4.12. The molecule has 1 aromatic heterocycles. The van der Waals surface area contributed by atoms with E-state index in [0.29, 0.717) is 5.92 Å². The van der Waals surface area contributed by atoms with Crippen molar-refractivity contribution in [2.45, 2.75) is 19.1 Å². The minimum atomic E-state index is 0.0795. The van der Waals surface area contributed by atoms with Gasteiger partial charge in [0.25, 0.3) is 0 Å². The van der Waals surface area contributed by atoms with E-state index < -0.39 is 0 Å². The smallest absolute Gasteiger partial charge is 0.161 e. The van der Waals surface area contributed by atoms with Gasteiger partial charge in [0.05, 0.1) is 13.2 Å². The molecule has 76 valence electrons. The maximum atomic E-state index is 5.62. The number of thiophene rings is 1. The minimum absolute atomic E-state index is 0.0795. The molecule has 2 nitrogen and oxygen atoms in total. The summed E-state index contributed by atoms with van der Waals surface area (Å²) in [5.41, 5.74) is 0. The topological polar surface area (TPSA) is 18.5 Å². The molecule has 0 amide bonds. The zero-order valence-electron chi connectivity index (χ0n) is 8.02. The first-order valence-electron chi connectivity index (χ1n) is 5.19. The third-order valence-electron chi connectivity index (χ3n) is 3.22.